The summed E-state index contributed by atoms with van der Waals surface area (Å²) < 4.78 is 30.0. The van der Waals surface area contributed by atoms with Crippen LogP contribution in [-0.4, -0.2) is 65.5 Å². The Morgan fingerprint density at radius 1 is 1.08 bits per heavy atom. The molecule has 48 heavy (non-hydrogen) atoms. The Hall–Kier alpha value is -3.51. The fourth-order valence-electron chi connectivity index (χ4n) is 8.00. The number of amides is 3. The average molecular weight is 778 g/mol. The van der Waals surface area contributed by atoms with E-state index in [-0.39, 0.29) is 76.5 Å². The molecule has 3 fully saturated rings. The SMILES string of the molecule is NS(=O)(=O)c1ccc(NC(=O)COc2ccc(Br)cc2[C@H]2c3sc(=O)[nH]c3SC3C4CC(C5C(=O)N(CCCC(=O)O)C(=O)C45)C32)cc1. The van der Waals surface area contributed by atoms with Crippen LogP contribution in [0.4, 0.5) is 5.69 Å². The topological polar surface area (TPSA) is 206 Å². The summed E-state index contributed by atoms with van der Waals surface area (Å²) in [7, 11) is -3.88. The number of anilines is 1. The van der Waals surface area contributed by atoms with E-state index in [1.54, 1.807) is 23.9 Å². The molecule has 7 rings (SSSR count). The molecule has 252 valence electrons. The van der Waals surface area contributed by atoms with Crippen LogP contribution < -0.4 is 20.1 Å². The van der Waals surface area contributed by atoms with Crippen molar-refractivity contribution < 1.29 is 37.4 Å². The molecule has 0 radical (unpaired) electrons. The lowest BCUT2D eigenvalue weighted by Gasteiger charge is -2.43. The molecule has 17 heteroatoms. The highest BCUT2D eigenvalue weighted by Crippen LogP contribution is 2.69. The normalized spacial score (nSPS) is 27.0. The molecule has 13 nitrogen and oxygen atoms in total. The van der Waals surface area contributed by atoms with E-state index in [1.807, 2.05) is 6.07 Å². The first-order chi connectivity index (χ1) is 22.8. The van der Waals surface area contributed by atoms with Crippen LogP contribution in [0.2, 0.25) is 0 Å². The Labute approximate surface area is 290 Å². The Morgan fingerprint density at radius 2 is 1.79 bits per heavy atom. The van der Waals surface area contributed by atoms with E-state index < -0.39 is 33.7 Å². The van der Waals surface area contributed by atoms with Crippen LogP contribution >= 0.6 is 39.0 Å². The van der Waals surface area contributed by atoms with E-state index in [1.165, 1.54) is 29.2 Å². The van der Waals surface area contributed by atoms with Crippen LogP contribution in [0.1, 0.15) is 35.6 Å². The number of likely N-dealkylation sites (tertiary alicyclic amines) is 1. The number of hydrogen-bond donors (Lipinski definition) is 4. The van der Waals surface area contributed by atoms with Crippen LogP contribution in [0.5, 0.6) is 5.75 Å². The van der Waals surface area contributed by atoms with Gasteiger partial charge in [0.15, 0.2) is 6.61 Å². The minimum atomic E-state index is -3.88. The summed E-state index contributed by atoms with van der Waals surface area (Å²) in [5.41, 5.74) is 1.09. The number of carboxylic acid groups (broad SMARTS) is 1. The molecule has 2 aromatic carbocycles. The van der Waals surface area contributed by atoms with E-state index >= 15 is 0 Å². The number of sulfonamides is 1. The molecule has 2 saturated carbocycles. The van der Waals surface area contributed by atoms with Crippen molar-refractivity contribution in [3.8, 4) is 5.75 Å². The summed E-state index contributed by atoms with van der Waals surface area (Å²) in [6.07, 6.45) is 0.743. The molecule has 1 saturated heterocycles. The predicted octanol–water partition coefficient (Wildman–Crippen LogP) is 3.20. The van der Waals surface area contributed by atoms with Gasteiger partial charge in [0, 0.05) is 44.7 Å². The highest BCUT2D eigenvalue weighted by atomic mass is 79.9. The number of aliphatic carboxylic acids is 1. The van der Waals surface area contributed by atoms with Gasteiger partial charge < -0.3 is 20.1 Å². The number of nitrogens with zero attached hydrogens (tertiary/aromatic N) is 1. The molecule has 1 aromatic heterocycles. The van der Waals surface area contributed by atoms with Crippen molar-refractivity contribution in [2.24, 2.45) is 34.7 Å². The van der Waals surface area contributed by atoms with Crippen molar-refractivity contribution >= 4 is 78.4 Å². The number of rotatable bonds is 10. The number of ether oxygens (including phenoxy) is 1. The quantitative estimate of drug-likeness (QED) is 0.221. The maximum absolute atomic E-state index is 13.7. The lowest BCUT2D eigenvalue weighted by atomic mass is 9.68. The minimum absolute atomic E-state index is 0.0647. The van der Waals surface area contributed by atoms with E-state index in [0.29, 0.717) is 17.9 Å². The number of nitrogens with two attached hydrogens (primary N) is 1. The predicted molar refractivity (Wildman–Crippen MR) is 178 cm³/mol. The molecule has 2 bridgehead atoms. The number of benzene rings is 2. The molecule has 2 aliphatic carbocycles. The second kappa shape index (κ2) is 12.4. The zero-order chi connectivity index (χ0) is 34.1. The van der Waals surface area contributed by atoms with Crippen LogP contribution in [-0.2, 0) is 29.2 Å². The average Bonchev–Trinajstić information content (AvgIpc) is 3.76. The fraction of sp³-hybridized carbons (Fsp3) is 0.387. The fourth-order valence-corrected chi connectivity index (χ4v) is 11.8. The van der Waals surface area contributed by atoms with Gasteiger partial charge in [-0.2, -0.15) is 0 Å². The molecule has 4 aliphatic rings. The van der Waals surface area contributed by atoms with E-state index in [4.69, 9.17) is 15.0 Å². The number of fused-ring (bicyclic) bond motifs is 9. The van der Waals surface area contributed by atoms with Crippen LogP contribution in [0.3, 0.4) is 0 Å². The molecule has 7 atom stereocenters. The van der Waals surface area contributed by atoms with Gasteiger partial charge >= 0.3 is 10.8 Å². The van der Waals surface area contributed by atoms with E-state index in [2.05, 4.69) is 26.2 Å². The van der Waals surface area contributed by atoms with Crippen molar-refractivity contribution in [1.29, 1.82) is 0 Å². The third-order valence-electron chi connectivity index (χ3n) is 9.72. The van der Waals surface area contributed by atoms with Crippen molar-refractivity contribution in [2.75, 3.05) is 18.5 Å². The number of imide groups is 1. The zero-order valence-corrected chi connectivity index (χ0v) is 29.0. The summed E-state index contributed by atoms with van der Waals surface area (Å²) in [6, 6.07) is 10.8. The standard InChI is InChI=1S/C31H29BrN4O9S3/c32-13-3-8-19(45-12-20(37)34-14-4-6-15(7-5-14)48(33,43)44)16(10-13)22-23-17-11-18(26(23)46-28-27(22)47-31(42)35-28)25-24(17)29(40)36(30(25)41)9-1-2-21(38)39/h3-8,10,17-18,22-26H,1-2,9,11-12H2,(H,34,37)(H,35,42)(H,38,39)(H2,33,43,44)/t17?,18?,22-,23?,24?,25?,26?/m1/s1. The zero-order valence-electron chi connectivity index (χ0n) is 25.0. The number of primary sulfonamides is 1. The number of carbonyl (C=O) groups excluding carboxylic acids is 3. The van der Waals surface area contributed by atoms with Crippen molar-refractivity contribution in [1.82, 2.24) is 9.88 Å². The highest BCUT2D eigenvalue weighted by Gasteiger charge is 2.69. The van der Waals surface area contributed by atoms with Gasteiger partial charge in [-0.25, -0.2) is 13.6 Å². The number of carboxylic acids is 1. The summed E-state index contributed by atoms with van der Waals surface area (Å²) in [4.78, 5) is 68.7. The van der Waals surface area contributed by atoms with Crippen LogP contribution in [0.15, 0.2) is 61.7 Å². The lowest BCUT2D eigenvalue weighted by molar-refractivity contribution is -0.142. The molecular formula is C31H29BrN4O9S3. The van der Waals surface area contributed by atoms with E-state index in [0.717, 1.165) is 31.3 Å². The van der Waals surface area contributed by atoms with Crippen LogP contribution in [0, 0.1) is 29.6 Å². The molecular weight excluding hydrogens is 748 g/mol. The van der Waals surface area contributed by atoms with Gasteiger partial charge in [0.1, 0.15) is 5.75 Å². The number of thioether (sulfide) groups is 1. The molecule has 6 unspecified atom stereocenters. The molecule has 2 aliphatic heterocycles. The maximum atomic E-state index is 13.7. The Bertz CT molecular complexity index is 2010. The van der Waals surface area contributed by atoms with Crippen LogP contribution in [0.25, 0.3) is 0 Å². The first-order valence-electron chi connectivity index (χ1n) is 15.1. The van der Waals surface area contributed by atoms with E-state index in [9.17, 15) is 32.4 Å². The number of nitrogens with one attached hydrogen (secondary N) is 2. The molecule has 3 amide bonds. The van der Waals surface area contributed by atoms with Gasteiger partial charge in [0.2, 0.25) is 21.8 Å². The number of carbonyl (C=O) groups is 4. The molecule has 3 aromatic rings. The molecule has 5 N–H and O–H groups in total. The molecule has 3 heterocycles. The largest absolute Gasteiger partial charge is 0.483 e. The number of H-pyrrole nitrogens is 1. The Kier molecular flexibility index (Phi) is 8.55. The number of halogens is 1. The van der Waals surface area contributed by atoms with Crippen molar-refractivity contribution in [3.05, 3.63) is 67.0 Å². The maximum Gasteiger partial charge on any atom is 0.305 e. The van der Waals surface area contributed by atoms with Gasteiger partial charge in [-0.05, 0) is 73.1 Å². The molecule has 0 spiro atoms. The number of aromatic amines is 1. The second-order valence-corrected chi connectivity index (χ2v) is 17.1. The van der Waals surface area contributed by atoms with Crippen molar-refractivity contribution in [2.45, 2.75) is 40.4 Å². The summed E-state index contributed by atoms with van der Waals surface area (Å²) in [5, 5.41) is 17.6. The summed E-state index contributed by atoms with van der Waals surface area (Å²) >= 11 is 6.22. The number of thiazole rings is 1. The third-order valence-corrected chi connectivity index (χ3v) is 13.7. The lowest BCUT2D eigenvalue weighted by Crippen LogP contribution is -2.42. The summed E-state index contributed by atoms with van der Waals surface area (Å²) in [5.74, 6) is -3.26. The highest BCUT2D eigenvalue weighted by molar-refractivity contribution is 9.10. The van der Waals surface area contributed by atoms with Gasteiger partial charge in [-0.15, -0.1) is 11.8 Å². The monoisotopic (exact) mass is 776 g/mol. The summed E-state index contributed by atoms with van der Waals surface area (Å²) in [6.45, 7) is -0.294. The van der Waals surface area contributed by atoms with Gasteiger partial charge in [-0.3, -0.25) is 28.9 Å². The Balaban J connectivity index is 1.17. The first kappa shape index (κ1) is 33.0. The number of aromatic nitrogens is 1. The van der Waals surface area contributed by atoms with Gasteiger partial charge in [-0.1, -0.05) is 27.3 Å². The van der Waals surface area contributed by atoms with Crippen molar-refractivity contribution in [3.63, 3.8) is 0 Å². The minimum Gasteiger partial charge on any atom is -0.483 e. The second-order valence-electron chi connectivity index (χ2n) is 12.4. The first-order valence-corrected chi connectivity index (χ1v) is 19.2. The number of hydrogen-bond acceptors (Lipinski definition) is 10. The van der Waals surface area contributed by atoms with Gasteiger partial charge in [0.05, 0.1) is 21.8 Å². The Morgan fingerprint density at radius 3 is 2.48 bits per heavy atom. The third kappa shape index (κ3) is 5.78. The van der Waals surface area contributed by atoms with Gasteiger partial charge in [0.25, 0.3) is 5.91 Å². The smallest absolute Gasteiger partial charge is 0.305 e.